The van der Waals surface area contributed by atoms with Crippen molar-refractivity contribution in [3.8, 4) is 5.75 Å². The third-order valence-electron chi connectivity index (χ3n) is 5.47. The van der Waals surface area contributed by atoms with Gasteiger partial charge >= 0.3 is 5.97 Å². The quantitative estimate of drug-likeness (QED) is 0.275. The molecule has 0 aliphatic carbocycles. The van der Waals surface area contributed by atoms with Gasteiger partial charge in [-0.2, -0.15) is 0 Å². The van der Waals surface area contributed by atoms with Crippen LogP contribution in [-0.4, -0.2) is 59.0 Å². The Kier molecular flexibility index (Phi) is 7.97. The molecule has 3 amide bonds. The number of carboxylic acid groups (broad SMARTS) is 1. The molecule has 1 heterocycles. The average Bonchev–Trinajstić information content (AvgIpc) is 2.82. The van der Waals surface area contributed by atoms with Crippen molar-refractivity contribution in [2.24, 2.45) is 0 Å². The second-order valence-corrected chi connectivity index (χ2v) is 7.93. The van der Waals surface area contributed by atoms with Crippen LogP contribution in [0.25, 0.3) is 0 Å². The molecule has 1 fully saturated rings. The van der Waals surface area contributed by atoms with E-state index >= 15 is 0 Å². The van der Waals surface area contributed by atoms with Crippen LogP contribution in [-0.2, 0) is 32.0 Å². The monoisotopic (exact) mass is 484 g/mol. The predicted molar refractivity (Wildman–Crippen MR) is 122 cm³/mol. The molecule has 1 aliphatic rings. The van der Waals surface area contributed by atoms with Gasteiger partial charge in [0.1, 0.15) is 23.9 Å². The molecule has 12 heteroatoms. The van der Waals surface area contributed by atoms with Crippen molar-refractivity contribution >= 4 is 29.4 Å². The number of rotatable bonds is 10. The van der Waals surface area contributed by atoms with E-state index in [1.54, 1.807) is 0 Å². The number of nitro benzene ring substituents is 1. The first-order valence-electron chi connectivity index (χ1n) is 10.7. The van der Waals surface area contributed by atoms with E-state index in [1.165, 1.54) is 25.3 Å². The van der Waals surface area contributed by atoms with Gasteiger partial charge in [-0.05, 0) is 11.6 Å². The van der Waals surface area contributed by atoms with Gasteiger partial charge in [-0.15, -0.1) is 0 Å². The van der Waals surface area contributed by atoms with Crippen LogP contribution in [0.4, 0.5) is 5.69 Å². The van der Waals surface area contributed by atoms with Crippen molar-refractivity contribution in [2.45, 2.75) is 37.4 Å². The summed E-state index contributed by atoms with van der Waals surface area (Å²) >= 11 is 0. The standard InChI is InChI=1S/C23H24N4O8/c1-35-19-8-7-15(27(33)34)10-14(19)11-18(23(31)32)24-20(28)12-17-22(30)25-16(21(29)26-17)9-13-5-3-2-4-6-13/h2-8,10,16-18H,9,11-12H2,1H3,(H,24,28)(H,25,30)(H,26,29)(H,31,32)/t16-,17-,18-/m0/s1. The fraction of sp³-hybridized carbons (Fsp3) is 0.304. The van der Waals surface area contributed by atoms with E-state index in [4.69, 9.17) is 4.74 Å². The summed E-state index contributed by atoms with van der Waals surface area (Å²) in [5, 5.41) is 28.0. The molecule has 0 saturated carbocycles. The molecule has 12 nitrogen and oxygen atoms in total. The Morgan fingerprint density at radius 1 is 1.11 bits per heavy atom. The van der Waals surface area contributed by atoms with E-state index in [0.29, 0.717) is 0 Å². The van der Waals surface area contributed by atoms with Crippen molar-refractivity contribution in [1.82, 2.24) is 16.0 Å². The molecule has 0 aromatic heterocycles. The molecular formula is C23H24N4O8. The normalized spacial score (nSPS) is 18.1. The number of non-ortho nitro benzene ring substituents is 1. The number of nitrogens with zero attached hydrogens (tertiary/aromatic N) is 1. The third-order valence-corrected chi connectivity index (χ3v) is 5.47. The molecule has 0 spiro atoms. The molecule has 4 N–H and O–H groups in total. The first-order chi connectivity index (χ1) is 16.7. The number of hydrogen-bond acceptors (Lipinski definition) is 7. The first kappa shape index (κ1) is 25.1. The smallest absolute Gasteiger partial charge is 0.326 e. The number of methoxy groups -OCH3 is 1. The van der Waals surface area contributed by atoms with Gasteiger partial charge in [-0.25, -0.2) is 4.79 Å². The van der Waals surface area contributed by atoms with Crippen LogP contribution in [0, 0.1) is 10.1 Å². The average molecular weight is 484 g/mol. The molecule has 2 aromatic rings. The van der Waals surface area contributed by atoms with Gasteiger partial charge in [-0.3, -0.25) is 24.5 Å². The number of ether oxygens (including phenoxy) is 1. The Balaban J connectivity index is 1.62. The van der Waals surface area contributed by atoms with Crippen LogP contribution in [0.1, 0.15) is 17.5 Å². The number of carbonyl (C=O) groups is 4. The Bertz CT molecular complexity index is 1140. The van der Waals surface area contributed by atoms with Crippen LogP contribution in [0.15, 0.2) is 48.5 Å². The summed E-state index contributed by atoms with van der Waals surface area (Å²) in [4.78, 5) is 59.6. The van der Waals surface area contributed by atoms with E-state index in [-0.39, 0.29) is 29.8 Å². The summed E-state index contributed by atoms with van der Waals surface area (Å²) in [5.74, 6) is -2.97. The Hall–Kier alpha value is -4.48. The number of carboxylic acids is 1. The van der Waals surface area contributed by atoms with Crippen LogP contribution in [0.5, 0.6) is 5.75 Å². The fourth-order valence-corrected chi connectivity index (χ4v) is 3.71. The lowest BCUT2D eigenvalue weighted by molar-refractivity contribution is -0.384. The molecule has 0 unspecified atom stereocenters. The third kappa shape index (κ3) is 6.53. The van der Waals surface area contributed by atoms with Gasteiger partial charge in [0.25, 0.3) is 5.69 Å². The minimum Gasteiger partial charge on any atom is -0.496 e. The maximum atomic E-state index is 12.5. The molecule has 35 heavy (non-hydrogen) atoms. The zero-order valence-electron chi connectivity index (χ0n) is 18.7. The van der Waals surface area contributed by atoms with Gasteiger partial charge in [0.05, 0.1) is 18.5 Å². The van der Waals surface area contributed by atoms with Gasteiger partial charge in [0.15, 0.2) is 0 Å². The van der Waals surface area contributed by atoms with Gasteiger partial charge in [0.2, 0.25) is 17.7 Å². The lowest BCUT2D eigenvalue weighted by atomic mass is 10.0. The lowest BCUT2D eigenvalue weighted by Crippen LogP contribution is -2.63. The minimum absolute atomic E-state index is 0.210. The number of nitrogens with one attached hydrogen (secondary N) is 3. The van der Waals surface area contributed by atoms with E-state index in [1.807, 2.05) is 30.3 Å². The summed E-state index contributed by atoms with van der Waals surface area (Å²) in [6, 6.07) is 9.40. The lowest BCUT2D eigenvalue weighted by Gasteiger charge is -2.29. The predicted octanol–water partition coefficient (Wildman–Crippen LogP) is 0.331. The van der Waals surface area contributed by atoms with Crippen molar-refractivity contribution in [3.63, 3.8) is 0 Å². The molecule has 184 valence electrons. The highest BCUT2D eigenvalue weighted by Gasteiger charge is 2.35. The number of nitro groups is 1. The Morgan fingerprint density at radius 2 is 1.77 bits per heavy atom. The zero-order chi connectivity index (χ0) is 25.5. The summed E-state index contributed by atoms with van der Waals surface area (Å²) in [7, 11) is 1.33. The summed E-state index contributed by atoms with van der Waals surface area (Å²) < 4.78 is 5.14. The number of piperazine rings is 1. The minimum atomic E-state index is -1.45. The van der Waals surface area contributed by atoms with Crippen LogP contribution >= 0.6 is 0 Å². The second-order valence-electron chi connectivity index (χ2n) is 7.93. The summed E-state index contributed by atoms with van der Waals surface area (Å²) in [6.07, 6.45) is -0.497. The highest BCUT2D eigenvalue weighted by atomic mass is 16.6. The van der Waals surface area contributed by atoms with Gasteiger partial charge < -0.3 is 25.8 Å². The van der Waals surface area contributed by atoms with E-state index < -0.39 is 53.2 Å². The van der Waals surface area contributed by atoms with Crippen molar-refractivity contribution < 1.29 is 33.9 Å². The van der Waals surface area contributed by atoms with Crippen LogP contribution in [0.2, 0.25) is 0 Å². The largest absolute Gasteiger partial charge is 0.496 e. The van der Waals surface area contributed by atoms with E-state index in [0.717, 1.165) is 5.56 Å². The van der Waals surface area contributed by atoms with E-state index in [2.05, 4.69) is 16.0 Å². The maximum Gasteiger partial charge on any atom is 0.326 e. The number of hydrogen-bond donors (Lipinski definition) is 4. The van der Waals surface area contributed by atoms with Crippen molar-refractivity contribution in [2.75, 3.05) is 7.11 Å². The molecule has 2 aromatic carbocycles. The van der Waals surface area contributed by atoms with Crippen molar-refractivity contribution in [3.05, 3.63) is 69.8 Å². The highest BCUT2D eigenvalue weighted by molar-refractivity contribution is 5.99. The highest BCUT2D eigenvalue weighted by Crippen LogP contribution is 2.25. The zero-order valence-corrected chi connectivity index (χ0v) is 18.7. The topological polar surface area (TPSA) is 177 Å². The van der Waals surface area contributed by atoms with Gasteiger partial charge in [-0.1, -0.05) is 30.3 Å². The molecule has 1 aliphatic heterocycles. The molecule has 3 rings (SSSR count). The van der Waals surface area contributed by atoms with Crippen molar-refractivity contribution in [1.29, 1.82) is 0 Å². The van der Waals surface area contributed by atoms with Crippen LogP contribution < -0.4 is 20.7 Å². The number of benzene rings is 2. The molecule has 1 saturated heterocycles. The summed E-state index contributed by atoms with van der Waals surface area (Å²) in [5.41, 5.74) is 0.801. The number of aliphatic carboxylic acids is 1. The SMILES string of the molecule is COc1ccc([N+](=O)[O-])cc1C[C@H](NC(=O)C[C@@H]1NC(=O)[C@H](Cc2ccccc2)NC1=O)C(=O)O. The Morgan fingerprint density at radius 3 is 2.40 bits per heavy atom. The molecule has 0 radical (unpaired) electrons. The first-order valence-corrected chi connectivity index (χ1v) is 10.7. The maximum absolute atomic E-state index is 12.5. The second kappa shape index (κ2) is 11.1. The molecule has 3 atom stereocenters. The molecule has 0 bridgehead atoms. The molecular weight excluding hydrogens is 460 g/mol. The fourth-order valence-electron chi connectivity index (χ4n) is 3.71. The number of amides is 3. The van der Waals surface area contributed by atoms with Gasteiger partial charge in [0, 0.05) is 30.5 Å². The van der Waals surface area contributed by atoms with E-state index in [9.17, 15) is 34.4 Å². The Labute approximate surface area is 199 Å². The van der Waals surface area contributed by atoms with Crippen LogP contribution in [0.3, 0.4) is 0 Å². The summed E-state index contributed by atoms with van der Waals surface area (Å²) in [6.45, 7) is 0. The number of carbonyl (C=O) groups excluding carboxylic acids is 3.